The second-order valence-corrected chi connectivity index (χ2v) is 7.92. The maximum atomic E-state index is 12.5. The minimum Gasteiger partial charge on any atom is -0.492 e. The van der Waals surface area contributed by atoms with Crippen LogP contribution in [0.25, 0.3) is 0 Å². The van der Waals surface area contributed by atoms with Crippen LogP contribution < -0.4 is 24.4 Å². The first-order valence-electron chi connectivity index (χ1n) is 11.4. The molecule has 0 radical (unpaired) electrons. The summed E-state index contributed by atoms with van der Waals surface area (Å²) in [5.74, 6) is 0.0989. The van der Waals surface area contributed by atoms with Crippen LogP contribution in [0.3, 0.4) is 0 Å². The molecule has 2 aliphatic heterocycles. The lowest BCUT2D eigenvalue weighted by Gasteiger charge is -2.19. The van der Waals surface area contributed by atoms with Gasteiger partial charge in [0.25, 0.3) is 11.6 Å². The number of hydrogen-bond acceptors (Lipinski definition) is 12. The number of nitrogens with one attached hydrogen (secondary N) is 1. The van der Waals surface area contributed by atoms with Crippen molar-refractivity contribution in [1.29, 1.82) is 0 Å². The summed E-state index contributed by atoms with van der Waals surface area (Å²) in [5.41, 5.74) is 3.55. The van der Waals surface area contributed by atoms with Gasteiger partial charge in [-0.1, -0.05) is 5.16 Å². The molecule has 38 heavy (non-hydrogen) atoms. The van der Waals surface area contributed by atoms with Crippen LogP contribution in [0.1, 0.15) is 34.8 Å². The van der Waals surface area contributed by atoms with Gasteiger partial charge >= 0.3 is 5.97 Å². The fourth-order valence-electron chi connectivity index (χ4n) is 3.94. The van der Waals surface area contributed by atoms with Gasteiger partial charge in [0.05, 0.1) is 32.0 Å². The molecule has 2 heterocycles. The molecule has 2 aromatic carbocycles. The first-order chi connectivity index (χ1) is 18.4. The Balaban J connectivity index is 1.61. The van der Waals surface area contributed by atoms with Crippen molar-refractivity contribution >= 4 is 29.5 Å². The maximum absolute atomic E-state index is 12.5. The normalized spacial score (nSPS) is 15.6. The first-order valence-corrected chi connectivity index (χ1v) is 11.4. The van der Waals surface area contributed by atoms with Crippen LogP contribution in [-0.2, 0) is 20.8 Å². The molecule has 14 heteroatoms. The third-order valence-electron chi connectivity index (χ3n) is 5.65. The Morgan fingerprint density at radius 1 is 1.18 bits per heavy atom. The number of carbonyl (C=O) groups excluding carboxylic acids is 2. The number of ether oxygens (including phenoxy) is 5. The number of nitro benzene ring substituents is 1. The predicted octanol–water partition coefficient (Wildman–Crippen LogP) is 2.36. The molecule has 4 rings (SSSR count). The first kappa shape index (κ1) is 26.2. The molecule has 0 spiro atoms. The number of non-ortho nitro benzene ring substituents is 1. The van der Waals surface area contributed by atoms with E-state index in [1.807, 2.05) is 0 Å². The molecule has 0 saturated heterocycles. The van der Waals surface area contributed by atoms with E-state index in [4.69, 9.17) is 28.5 Å². The number of carbonyl (C=O) groups is 2. The van der Waals surface area contributed by atoms with Gasteiger partial charge < -0.3 is 28.5 Å². The van der Waals surface area contributed by atoms with Gasteiger partial charge in [-0.15, -0.1) is 0 Å². The Morgan fingerprint density at radius 2 is 1.89 bits per heavy atom. The van der Waals surface area contributed by atoms with Crippen LogP contribution in [0, 0.1) is 10.1 Å². The maximum Gasteiger partial charge on any atom is 0.356 e. The third kappa shape index (κ3) is 5.28. The number of nitrogens with zero attached hydrogens (tertiary/aromatic N) is 3. The molecule has 0 saturated carbocycles. The molecule has 0 aromatic heterocycles. The van der Waals surface area contributed by atoms with Crippen molar-refractivity contribution in [3.05, 3.63) is 51.1 Å². The van der Waals surface area contributed by atoms with Crippen LogP contribution in [0.4, 0.5) is 5.69 Å². The molecule has 1 unspecified atom stereocenters. The Labute approximate surface area is 216 Å². The largest absolute Gasteiger partial charge is 0.492 e. The van der Waals surface area contributed by atoms with E-state index in [1.165, 1.54) is 44.7 Å². The average Bonchev–Trinajstić information content (AvgIpc) is 3.59. The molecular weight excluding hydrogens is 504 g/mol. The summed E-state index contributed by atoms with van der Waals surface area (Å²) in [7, 11) is 2.91. The van der Waals surface area contributed by atoms with Crippen molar-refractivity contribution in [2.75, 3.05) is 27.6 Å². The molecule has 14 nitrogen and oxygen atoms in total. The summed E-state index contributed by atoms with van der Waals surface area (Å²) >= 11 is 0. The van der Waals surface area contributed by atoms with E-state index in [-0.39, 0.29) is 43.2 Å². The fraction of sp³-hybridized carbons (Fsp3) is 0.333. The highest BCUT2D eigenvalue weighted by Gasteiger charge is 2.34. The molecule has 0 aliphatic carbocycles. The number of fused-ring (bicyclic) bond motifs is 1. The van der Waals surface area contributed by atoms with Crippen molar-refractivity contribution in [3.8, 4) is 23.0 Å². The zero-order chi connectivity index (χ0) is 27.2. The molecule has 200 valence electrons. The number of oxime groups is 1. The van der Waals surface area contributed by atoms with Crippen LogP contribution >= 0.6 is 0 Å². The quantitative estimate of drug-likeness (QED) is 0.209. The van der Waals surface area contributed by atoms with Gasteiger partial charge in [-0.25, -0.2) is 10.2 Å². The van der Waals surface area contributed by atoms with E-state index in [0.717, 1.165) is 0 Å². The number of nitro groups is 1. The van der Waals surface area contributed by atoms with E-state index in [1.54, 1.807) is 6.92 Å². The SMILES string of the molecule is CCOC(=O)C1=NOC(Cc2c(/C=N\NC(=O)c3ccc([N+](=O)[O-])cc3)c3c(c(OC)c2OC)OCO3)C1. The number of esters is 1. The van der Waals surface area contributed by atoms with Gasteiger partial charge in [0.2, 0.25) is 18.3 Å². The Hall–Kier alpha value is -4.88. The van der Waals surface area contributed by atoms with Gasteiger partial charge in [-0.3, -0.25) is 14.9 Å². The topological polar surface area (TPSA) is 169 Å². The van der Waals surface area contributed by atoms with E-state index in [0.29, 0.717) is 34.1 Å². The molecular formula is C24H24N4O10. The summed E-state index contributed by atoms with van der Waals surface area (Å²) in [5, 5.41) is 18.7. The Bertz CT molecular complexity index is 1310. The molecule has 1 amide bonds. The summed E-state index contributed by atoms with van der Waals surface area (Å²) < 4.78 is 27.4. The highest BCUT2D eigenvalue weighted by Crippen LogP contribution is 2.52. The average molecular weight is 528 g/mol. The number of hydrazone groups is 1. The second kappa shape index (κ2) is 11.5. The molecule has 2 aromatic rings. The van der Waals surface area contributed by atoms with Crippen molar-refractivity contribution in [1.82, 2.24) is 5.43 Å². The number of benzene rings is 2. The number of hydrogen-bond donors (Lipinski definition) is 1. The van der Waals surface area contributed by atoms with Crippen LogP contribution in [0.15, 0.2) is 34.5 Å². The third-order valence-corrected chi connectivity index (χ3v) is 5.65. The minimum absolute atomic E-state index is 0.0790. The highest BCUT2D eigenvalue weighted by atomic mass is 16.7. The van der Waals surface area contributed by atoms with Crippen molar-refractivity contribution in [2.24, 2.45) is 10.3 Å². The van der Waals surface area contributed by atoms with Gasteiger partial charge in [-0.05, 0) is 19.1 Å². The van der Waals surface area contributed by atoms with Crippen molar-refractivity contribution in [3.63, 3.8) is 0 Å². The Kier molecular flexibility index (Phi) is 7.89. The number of amides is 1. The lowest BCUT2D eigenvalue weighted by Crippen LogP contribution is -2.20. The summed E-state index contributed by atoms with van der Waals surface area (Å²) in [4.78, 5) is 40.3. The smallest absolute Gasteiger partial charge is 0.356 e. The van der Waals surface area contributed by atoms with Crippen molar-refractivity contribution < 1.29 is 43.0 Å². The van der Waals surface area contributed by atoms with Crippen LogP contribution in [0.2, 0.25) is 0 Å². The summed E-state index contributed by atoms with van der Waals surface area (Å²) in [6, 6.07) is 5.07. The fourth-order valence-corrected chi connectivity index (χ4v) is 3.94. The summed E-state index contributed by atoms with van der Waals surface area (Å²) in [6.07, 6.45) is 1.23. The second-order valence-electron chi connectivity index (χ2n) is 7.92. The van der Waals surface area contributed by atoms with Crippen LogP contribution in [-0.4, -0.2) is 62.4 Å². The minimum atomic E-state index is -0.585. The van der Waals surface area contributed by atoms with E-state index in [2.05, 4.69) is 15.7 Å². The zero-order valence-corrected chi connectivity index (χ0v) is 20.7. The summed E-state index contributed by atoms with van der Waals surface area (Å²) in [6.45, 7) is 1.83. The van der Waals surface area contributed by atoms with E-state index in [9.17, 15) is 19.7 Å². The lowest BCUT2D eigenvalue weighted by atomic mass is 9.96. The standard InChI is InChI=1S/C24H24N4O10/c1-4-35-24(30)18-10-15(38-27-18)9-16-17(20-22(37-12-36-20)21(34-3)19(16)33-2)11-25-26-23(29)13-5-7-14(8-6-13)28(31)32/h5-8,11,15H,4,9-10,12H2,1-3H3,(H,26,29)/b25-11-. The Morgan fingerprint density at radius 3 is 2.55 bits per heavy atom. The zero-order valence-electron chi connectivity index (χ0n) is 20.7. The monoisotopic (exact) mass is 528 g/mol. The van der Waals surface area contributed by atoms with Crippen LogP contribution in [0.5, 0.6) is 23.0 Å². The highest BCUT2D eigenvalue weighted by molar-refractivity contribution is 6.36. The number of methoxy groups -OCH3 is 2. The molecule has 2 aliphatic rings. The lowest BCUT2D eigenvalue weighted by molar-refractivity contribution is -0.384. The van der Waals surface area contributed by atoms with E-state index >= 15 is 0 Å². The van der Waals surface area contributed by atoms with Crippen molar-refractivity contribution in [2.45, 2.75) is 25.9 Å². The molecule has 0 bridgehead atoms. The predicted molar refractivity (Wildman–Crippen MR) is 131 cm³/mol. The van der Waals surface area contributed by atoms with Gasteiger partial charge in [-0.2, -0.15) is 5.10 Å². The van der Waals surface area contributed by atoms with Gasteiger partial charge in [0.15, 0.2) is 17.2 Å². The van der Waals surface area contributed by atoms with Gasteiger partial charge in [0, 0.05) is 41.7 Å². The number of rotatable bonds is 10. The van der Waals surface area contributed by atoms with Gasteiger partial charge in [0.1, 0.15) is 6.10 Å². The molecule has 1 N–H and O–H groups in total. The molecule has 0 fully saturated rings. The molecule has 1 atom stereocenters. The van der Waals surface area contributed by atoms with E-state index < -0.39 is 22.9 Å².